The highest BCUT2D eigenvalue weighted by atomic mass is 16.5. The molecule has 11 nitrogen and oxygen atoms in total. The van der Waals surface area contributed by atoms with Gasteiger partial charge in [-0.2, -0.15) is 5.10 Å². The first-order chi connectivity index (χ1) is 17.4. The van der Waals surface area contributed by atoms with Crippen LogP contribution in [0.5, 0.6) is 17.2 Å². The zero-order valence-electron chi connectivity index (χ0n) is 19.3. The Morgan fingerprint density at radius 3 is 1.94 bits per heavy atom. The molecule has 3 aromatic rings. The van der Waals surface area contributed by atoms with Crippen LogP contribution in [0.4, 0.5) is 16.2 Å². The summed E-state index contributed by atoms with van der Waals surface area (Å²) in [6.07, 6.45) is 3.25. The van der Waals surface area contributed by atoms with Crippen molar-refractivity contribution in [2.24, 2.45) is 5.10 Å². The van der Waals surface area contributed by atoms with Gasteiger partial charge in [-0.25, -0.2) is 9.80 Å². The number of carbonyl (C=O) groups excluding carboxylic acids is 3. The Kier molecular flexibility index (Phi) is 7.21. The highest BCUT2D eigenvalue weighted by Gasteiger charge is 2.52. The van der Waals surface area contributed by atoms with Crippen LogP contribution in [0.3, 0.4) is 0 Å². The molecule has 0 spiro atoms. The molecule has 2 N–H and O–H groups in total. The fourth-order valence-corrected chi connectivity index (χ4v) is 3.53. The van der Waals surface area contributed by atoms with Crippen LogP contribution < -0.4 is 25.1 Å². The van der Waals surface area contributed by atoms with E-state index in [0.29, 0.717) is 11.5 Å². The first kappa shape index (κ1) is 24.4. The van der Waals surface area contributed by atoms with E-state index in [4.69, 9.17) is 14.2 Å². The number of barbiturate groups is 1. The molecule has 1 aliphatic heterocycles. The van der Waals surface area contributed by atoms with Crippen LogP contribution in [0, 0.1) is 0 Å². The SMILES string of the molecule is C=NN(c1ccncc1)c1ccc(Oc2ccc(OC3(CCOC)C(=O)NC(=O)NC3=O)cc2)cc1. The van der Waals surface area contributed by atoms with E-state index in [1.807, 2.05) is 24.3 Å². The van der Waals surface area contributed by atoms with Gasteiger partial charge in [-0.15, -0.1) is 0 Å². The van der Waals surface area contributed by atoms with Gasteiger partial charge < -0.3 is 14.2 Å². The van der Waals surface area contributed by atoms with Gasteiger partial charge in [0.15, 0.2) is 0 Å². The Morgan fingerprint density at radius 2 is 1.39 bits per heavy atom. The summed E-state index contributed by atoms with van der Waals surface area (Å²) in [5, 5.41) is 9.86. The molecular weight excluding hydrogens is 466 g/mol. The van der Waals surface area contributed by atoms with Crippen molar-refractivity contribution in [3.63, 3.8) is 0 Å². The number of methoxy groups -OCH3 is 1. The quantitative estimate of drug-likeness (QED) is 0.252. The number of anilines is 2. The fraction of sp³-hybridized carbons (Fsp3) is 0.160. The second-order valence-corrected chi connectivity index (χ2v) is 7.64. The van der Waals surface area contributed by atoms with E-state index in [0.717, 1.165) is 11.4 Å². The Morgan fingerprint density at radius 1 is 0.861 bits per heavy atom. The van der Waals surface area contributed by atoms with Crippen LogP contribution in [0.15, 0.2) is 78.2 Å². The van der Waals surface area contributed by atoms with Gasteiger partial charge in [0.2, 0.25) is 0 Å². The molecule has 184 valence electrons. The predicted octanol–water partition coefficient (Wildman–Crippen LogP) is 3.15. The topological polar surface area (TPSA) is 131 Å². The largest absolute Gasteiger partial charge is 0.467 e. The first-order valence-electron chi connectivity index (χ1n) is 10.8. The number of rotatable bonds is 10. The number of aromatic nitrogens is 1. The number of urea groups is 1. The van der Waals surface area contributed by atoms with Gasteiger partial charge in [0, 0.05) is 32.6 Å². The van der Waals surface area contributed by atoms with E-state index in [1.54, 1.807) is 53.8 Å². The zero-order valence-corrected chi connectivity index (χ0v) is 19.3. The van der Waals surface area contributed by atoms with Crippen molar-refractivity contribution in [1.29, 1.82) is 0 Å². The standard InChI is InChI=1S/C25H23N5O6/c1-26-30(18-11-14-27-15-12-18)17-3-5-19(6-4-17)35-20-7-9-21(10-8-20)36-25(13-16-34-2)22(31)28-24(33)29-23(25)32/h3-12,14-15H,1,13,16H2,2H3,(H2,28,29,31,32,33). The molecule has 2 aromatic carbocycles. The monoisotopic (exact) mass is 489 g/mol. The van der Waals surface area contributed by atoms with Gasteiger partial charge in [0.05, 0.1) is 18.0 Å². The zero-order chi connectivity index (χ0) is 25.5. The van der Waals surface area contributed by atoms with E-state index in [9.17, 15) is 14.4 Å². The summed E-state index contributed by atoms with van der Waals surface area (Å²) >= 11 is 0. The summed E-state index contributed by atoms with van der Waals surface area (Å²) in [4.78, 5) is 40.5. The summed E-state index contributed by atoms with van der Waals surface area (Å²) in [6, 6.07) is 16.4. The maximum absolute atomic E-state index is 12.5. The number of imide groups is 2. The summed E-state index contributed by atoms with van der Waals surface area (Å²) < 4.78 is 16.7. The Bertz CT molecular complexity index is 1230. The van der Waals surface area contributed by atoms with Gasteiger partial charge >= 0.3 is 6.03 Å². The molecule has 0 bridgehead atoms. The van der Waals surface area contributed by atoms with Crippen molar-refractivity contribution >= 4 is 35.9 Å². The second kappa shape index (κ2) is 10.7. The number of pyridine rings is 1. The van der Waals surface area contributed by atoms with Crippen molar-refractivity contribution in [1.82, 2.24) is 15.6 Å². The molecule has 36 heavy (non-hydrogen) atoms. The lowest BCUT2D eigenvalue weighted by molar-refractivity contribution is -0.153. The van der Waals surface area contributed by atoms with E-state index in [1.165, 1.54) is 7.11 Å². The number of ether oxygens (including phenoxy) is 3. The van der Waals surface area contributed by atoms with Crippen LogP contribution in [0.1, 0.15) is 6.42 Å². The molecule has 4 amide bonds. The van der Waals surface area contributed by atoms with Gasteiger partial charge in [0.1, 0.15) is 17.2 Å². The van der Waals surface area contributed by atoms with Crippen LogP contribution in [-0.2, 0) is 14.3 Å². The maximum Gasteiger partial charge on any atom is 0.328 e. The highest BCUT2D eigenvalue weighted by Crippen LogP contribution is 2.31. The molecule has 0 aliphatic carbocycles. The Hall–Kier alpha value is -4.77. The molecule has 0 saturated carbocycles. The highest BCUT2D eigenvalue weighted by molar-refractivity contribution is 6.21. The van der Waals surface area contributed by atoms with Crippen LogP contribution in [-0.4, -0.2) is 48.9 Å². The maximum atomic E-state index is 12.5. The molecule has 1 saturated heterocycles. The number of carbonyl (C=O) groups is 3. The van der Waals surface area contributed by atoms with E-state index in [2.05, 4.69) is 27.4 Å². The number of hydrogen-bond acceptors (Lipinski definition) is 9. The van der Waals surface area contributed by atoms with E-state index < -0.39 is 23.4 Å². The molecule has 1 aromatic heterocycles. The lowest BCUT2D eigenvalue weighted by atomic mass is 9.95. The minimum absolute atomic E-state index is 0.0617. The summed E-state index contributed by atoms with van der Waals surface area (Å²) in [5.41, 5.74) is -0.337. The predicted molar refractivity (Wildman–Crippen MR) is 130 cm³/mol. The molecule has 2 heterocycles. The van der Waals surface area contributed by atoms with Gasteiger partial charge in [-0.3, -0.25) is 25.2 Å². The Balaban J connectivity index is 1.46. The van der Waals surface area contributed by atoms with Crippen molar-refractivity contribution < 1.29 is 28.6 Å². The van der Waals surface area contributed by atoms with Gasteiger partial charge in [-0.05, 0) is 60.7 Å². The number of amides is 4. The number of nitrogens with zero attached hydrogens (tertiary/aromatic N) is 3. The minimum Gasteiger partial charge on any atom is -0.467 e. The fourth-order valence-electron chi connectivity index (χ4n) is 3.53. The molecule has 0 radical (unpaired) electrons. The Labute approximate surface area is 206 Å². The van der Waals surface area contributed by atoms with Crippen molar-refractivity contribution in [2.75, 3.05) is 18.7 Å². The van der Waals surface area contributed by atoms with Gasteiger partial charge in [0.25, 0.3) is 17.4 Å². The summed E-state index contributed by atoms with van der Waals surface area (Å²) in [7, 11) is 1.43. The molecular formula is C25H23N5O6. The molecule has 0 atom stereocenters. The summed E-state index contributed by atoms with van der Waals surface area (Å²) in [6.45, 7) is 3.69. The van der Waals surface area contributed by atoms with Crippen molar-refractivity contribution in [3.05, 3.63) is 73.1 Å². The molecule has 1 fully saturated rings. The average Bonchev–Trinajstić information content (AvgIpc) is 2.89. The van der Waals surface area contributed by atoms with E-state index >= 15 is 0 Å². The van der Waals surface area contributed by atoms with Crippen molar-refractivity contribution in [3.8, 4) is 17.2 Å². The van der Waals surface area contributed by atoms with Crippen molar-refractivity contribution in [2.45, 2.75) is 12.0 Å². The number of hydrogen-bond donors (Lipinski definition) is 2. The lowest BCUT2D eigenvalue weighted by Crippen LogP contribution is -2.69. The number of nitrogens with one attached hydrogen (secondary N) is 2. The first-order valence-corrected chi connectivity index (χ1v) is 10.8. The van der Waals surface area contributed by atoms with Gasteiger partial charge in [-0.1, -0.05) is 0 Å². The number of benzene rings is 2. The average molecular weight is 489 g/mol. The third-order valence-corrected chi connectivity index (χ3v) is 5.33. The van der Waals surface area contributed by atoms with E-state index in [-0.39, 0.29) is 18.8 Å². The van der Waals surface area contributed by atoms with Crippen LogP contribution >= 0.6 is 0 Å². The number of hydrazone groups is 1. The smallest absolute Gasteiger partial charge is 0.328 e. The third kappa shape index (κ3) is 5.15. The third-order valence-electron chi connectivity index (χ3n) is 5.33. The van der Waals surface area contributed by atoms with Crippen LogP contribution in [0.25, 0.3) is 0 Å². The normalized spacial score (nSPS) is 14.4. The molecule has 11 heteroatoms. The molecule has 0 unspecified atom stereocenters. The van der Waals surface area contributed by atoms with Crippen LogP contribution in [0.2, 0.25) is 0 Å². The molecule has 1 aliphatic rings. The summed E-state index contributed by atoms with van der Waals surface area (Å²) in [5.74, 6) is -0.403. The minimum atomic E-state index is -1.94. The second-order valence-electron chi connectivity index (χ2n) is 7.64. The molecule has 4 rings (SSSR count). The lowest BCUT2D eigenvalue weighted by Gasteiger charge is -2.34.